The Labute approximate surface area is 124 Å². The predicted molar refractivity (Wildman–Crippen MR) is 77.9 cm³/mol. The number of ether oxygens (including phenoxy) is 2. The van der Waals surface area contributed by atoms with Crippen LogP contribution in [0.3, 0.4) is 0 Å². The van der Waals surface area contributed by atoms with E-state index in [2.05, 4.69) is 5.32 Å². The third-order valence-electron chi connectivity index (χ3n) is 2.80. The van der Waals surface area contributed by atoms with Crippen molar-refractivity contribution in [2.45, 2.75) is 20.8 Å². The molecular weight excluding hydrogens is 274 g/mol. The van der Waals surface area contributed by atoms with Gasteiger partial charge in [0.25, 0.3) is 5.91 Å². The first kappa shape index (κ1) is 17.0. The summed E-state index contributed by atoms with van der Waals surface area (Å²) in [7, 11) is 0. The van der Waals surface area contributed by atoms with Crippen molar-refractivity contribution in [2.24, 2.45) is 0 Å². The van der Waals surface area contributed by atoms with Crippen LogP contribution in [0.4, 0.5) is 0 Å². The van der Waals surface area contributed by atoms with Crippen LogP contribution >= 0.6 is 0 Å². The fourth-order valence-corrected chi connectivity index (χ4v) is 1.93. The van der Waals surface area contributed by atoms with E-state index in [0.29, 0.717) is 31.1 Å². The lowest BCUT2D eigenvalue weighted by molar-refractivity contribution is -0.139. The Morgan fingerprint density at radius 1 is 1.24 bits per heavy atom. The van der Waals surface area contributed by atoms with Crippen LogP contribution < -0.4 is 10.1 Å². The zero-order chi connectivity index (χ0) is 15.8. The Morgan fingerprint density at radius 3 is 2.38 bits per heavy atom. The van der Waals surface area contributed by atoms with E-state index < -0.39 is 12.6 Å². The minimum absolute atomic E-state index is 0.189. The van der Waals surface area contributed by atoms with Crippen LogP contribution in [0.2, 0.25) is 0 Å². The molecule has 0 aliphatic heterocycles. The molecule has 1 rings (SSSR count). The molecule has 0 fully saturated rings. The van der Waals surface area contributed by atoms with Gasteiger partial charge in [0.2, 0.25) is 0 Å². The average Bonchev–Trinajstić information content (AvgIpc) is 2.42. The molecule has 0 atom stereocenters. The monoisotopic (exact) mass is 295 g/mol. The number of rotatable bonds is 8. The molecule has 6 nitrogen and oxygen atoms in total. The summed E-state index contributed by atoms with van der Waals surface area (Å²) < 4.78 is 10.4. The maximum atomic E-state index is 12.0. The maximum Gasteiger partial charge on any atom is 0.341 e. The fourth-order valence-electron chi connectivity index (χ4n) is 1.93. The van der Waals surface area contributed by atoms with Gasteiger partial charge in [-0.2, -0.15) is 0 Å². The number of aliphatic carboxylic acids is 1. The van der Waals surface area contributed by atoms with Crippen LogP contribution in [0.25, 0.3) is 0 Å². The number of nitrogens with one attached hydrogen (secondary N) is 1. The standard InChI is InChI=1S/C15H21NO5/c1-4-20-6-5-16-15(19)12-7-10(2)14(11(3)8-12)21-9-13(17)18/h7-8H,4-6,9H2,1-3H3,(H,16,19)(H,17,18). The highest BCUT2D eigenvalue weighted by Gasteiger charge is 2.12. The molecule has 1 aromatic rings. The van der Waals surface area contributed by atoms with Crippen LogP contribution in [-0.2, 0) is 9.53 Å². The molecule has 0 saturated heterocycles. The lowest BCUT2D eigenvalue weighted by Crippen LogP contribution is -2.27. The first-order valence-corrected chi connectivity index (χ1v) is 6.77. The summed E-state index contributed by atoms with van der Waals surface area (Å²) >= 11 is 0. The Balaban J connectivity index is 2.73. The summed E-state index contributed by atoms with van der Waals surface area (Å²) in [4.78, 5) is 22.5. The summed E-state index contributed by atoms with van der Waals surface area (Å²) in [6.07, 6.45) is 0. The second-order valence-corrected chi connectivity index (χ2v) is 4.57. The molecular formula is C15H21NO5. The minimum atomic E-state index is -1.04. The van der Waals surface area contributed by atoms with Gasteiger partial charge in [-0.1, -0.05) is 0 Å². The molecule has 0 heterocycles. The first-order chi connectivity index (χ1) is 9.95. The number of benzene rings is 1. The molecule has 0 unspecified atom stereocenters. The van der Waals surface area contributed by atoms with Crippen molar-refractivity contribution in [3.05, 3.63) is 28.8 Å². The van der Waals surface area contributed by atoms with Gasteiger partial charge in [-0.25, -0.2) is 4.79 Å². The molecule has 0 bridgehead atoms. The Hall–Kier alpha value is -2.08. The van der Waals surface area contributed by atoms with Crippen molar-refractivity contribution in [3.63, 3.8) is 0 Å². The summed E-state index contributed by atoms with van der Waals surface area (Å²) in [5, 5.41) is 11.4. The smallest absolute Gasteiger partial charge is 0.341 e. The Bertz CT molecular complexity index is 490. The SMILES string of the molecule is CCOCCNC(=O)c1cc(C)c(OCC(=O)O)c(C)c1. The van der Waals surface area contributed by atoms with E-state index in [-0.39, 0.29) is 5.91 Å². The van der Waals surface area contributed by atoms with Gasteiger partial charge in [0.1, 0.15) is 5.75 Å². The van der Waals surface area contributed by atoms with Gasteiger partial charge in [0.05, 0.1) is 6.61 Å². The molecule has 116 valence electrons. The maximum absolute atomic E-state index is 12.0. The predicted octanol–water partition coefficient (Wildman–Crippen LogP) is 1.53. The Morgan fingerprint density at radius 2 is 1.86 bits per heavy atom. The van der Waals surface area contributed by atoms with E-state index >= 15 is 0 Å². The molecule has 0 aliphatic rings. The molecule has 0 saturated carbocycles. The van der Waals surface area contributed by atoms with Gasteiger partial charge in [0.15, 0.2) is 6.61 Å². The molecule has 1 amide bonds. The van der Waals surface area contributed by atoms with E-state index in [4.69, 9.17) is 14.6 Å². The molecule has 21 heavy (non-hydrogen) atoms. The third kappa shape index (κ3) is 5.43. The number of hydrogen-bond donors (Lipinski definition) is 2. The van der Waals surface area contributed by atoms with Crippen LogP contribution in [0, 0.1) is 13.8 Å². The molecule has 0 aliphatic carbocycles. The van der Waals surface area contributed by atoms with Crippen molar-refractivity contribution < 1.29 is 24.2 Å². The number of carbonyl (C=O) groups excluding carboxylic acids is 1. The minimum Gasteiger partial charge on any atom is -0.481 e. The fraction of sp³-hybridized carbons (Fsp3) is 0.467. The lowest BCUT2D eigenvalue weighted by atomic mass is 10.1. The summed E-state index contributed by atoms with van der Waals surface area (Å²) in [5.74, 6) is -0.722. The average molecular weight is 295 g/mol. The van der Waals surface area contributed by atoms with E-state index in [1.54, 1.807) is 26.0 Å². The van der Waals surface area contributed by atoms with Crippen molar-refractivity contribution in [3.8, 4) is 5.75 Å². The van der Waals surface area contributed by atoms with Crippen molar-refractivity contribution in [2.75, 3.05) is 26.4 Å². The topological polar surface area (TPSA) is 84.9 Å². The van der Waals surface area contributed by atoms with E-state index in [1.807, 2.05) is 6.92 Å². The van der Waals surface area contributed by atoms with Crippen molar-refractivity contribution >= 4 is 11.9 Å². The highest BCUT2D eigenvalue weighted by atomic mass is 16.5. The van der Waals surface area contributed by atoms with Crippen molar-refractivity contribution in [1.29, 1.82) is 0 Å². The van der Waals surface area contributed by atoms with E-state index in [1.165, 1.54) is 0 Å². The second kappa shape index (κ2) is 8.26. The Kier molecular flexibility index (Phi) is 6.68. The quantitative estimate of drug-likeness (QED) is 0.710. The summed E-state index contributed by atoms with van der Waals surface area (Å²) in [6, 6.07) is 3.36. The number of carbonyl (C=O) groups is 2. The largest absolute Gasteiger partial charge is 0.481 e. The number of hydrogen-bond acceptors (Lipinski definition) is 4. The lowest BCUT2D eigenvalue weighted by Gasteiger charge is -2.13. The van der Waals surface area contributed by atoms with Gasteiger partial charge >= 0.3 is 5.97 Å². The first-order valence-electron chi connectivity index (χ1n) is 6.77. The molecule has 0 aromatic heterocycles. The van der Waals surface area contributed by atoms with E-state index in [9.17, 15) is 9.59 Å². The molecule has 0 radical (unpaired) electrons. The van der Waals surface area contributed by atoms with Crippen molar-refractivity contribution in [1.82, 2.24) is 5.32 Å². The molecule has 2 N–H and O–H groups in total. The highest BCUT2D eigenvalue weighted by Crippen LogP contribution is 2.24. The zero-order valence-corrected chi connectivity index (χ0v) is 12.6. The van der Waals surface area contributed by atoms with Crippen LogP contribution in [0.5, 0.6) is 5.75 Å². The normalized spacial score (nSPS) is 10.2. The molecule has 6 heteroatoms. The van der Waals surface area contributed by atoms with Gasteiger partial charge in [-0.05, 0) is 44.0 Å². The third-order valence-corrected chi connectivity index (χ3v) is 2.80. The zero-order valence-electron chi connectivity index (χ0n) is 12.6. The van der Waals surface area contributed by atoms with Crippen LogP contribution in [0.15, 0.2) is 12.1 Å². The van der Waals surface area contributed by atoms with Gasteiger partial charge in [-0.15, -0.1) is 0 Å². The summed E-state index contributed by atoms with van der Waals surface area (Å²) in [6.45, 7) is 6.58. The number of aryl methyl sites for hydroxylation is 2. The van der Waals surface area contributed by atoms with Gasteiger partial charge < -0.3 is 19.9 Å². The molecule has 1 aromatic carbocycles. The van der Waals surface area contributed by atoms with Gasteiger partial charge in [0, 0.05) is 18.7 Å². The highest BCUT2D eigenvalue weighted by molar-refractivity contribution is 5.94. The number of amides is 1. The van der Waals surface area contributed by atoms with E-state index in [0.717, 1.165) is 11.1 Å². The van der Waals surface area contributed by atoms with Gasteiger partial charge in [-0.3, -0.25) is 4.79 Å². The van der Waals surface area contributed by atoms with Crippen LogP contribution in [-0.4, -0.2) is 43.3 Å². The summed E-state index contributed by atoms with van der Waals surface area (Å²) in [5.41, 5.74) is 1.97. The number of carboxylic acids is 1. The molecule has 0 spiro atoms. The number of carboxylic acid groups (broad SMARTS) is 1. The second-order valence-electron chi connectivity index (χ2n) is 4.57. The van der Waals surface area contributed by atoms with Crippen LogP contribution in [0.1, 0.15) is 28.4 Å².